The van der Waals surface area contributed by atoms with Gasteiger partial charge >= 0.3 is 0 Å². The van der Waals surface area contributed by atoms with Crippen LogP contribution >= 0.6 is 15.9 Å². The molecule has 3 N–H and O–H groups in total. The molecule has 0 saturated heterocycles. The summed E-state index contributed by atoms with van der Waals surface area (Å²) >= 11 is 3.45. The van der Waals surface area contributed by atoms with E-state index in [2.05, 4.69) is 31.2 Å². The number of methoxy groups -OCH3 is 1. The first-order valence-corrected chi connectivity index (χ1v) is 6.08. The summed E-state index contributed by atoms with van der Waals surface area (Å²) in [6.45, 7) is 2.02. The first-order chi connectivity index (χ1) is 8.60. The van der Waals surface area contributed by atoms with Gasteiger partial charge in [0.25, 0.3) is 0 Å². The lowest BCUT2D eigenvalue weighted by Gasteiger charge is -2.11. The van der Waals surface area contributed by atoms with Crippen LogP contribution in [0.5, 0.6) is 5.75 Å². The van der Waals surface area contributed by atoms with Gasteiger partial charge in [0.1, 0.15) is 6.33 Å². The second kappa shape index (κ2) is 5.22. The topological polar surface area (TPSA) is 73.1 Å². The molecule has 94 valence electrons. The van der Waals surface area contributed by atoms with Crippen molar-refractivity contribution >= 4 is 33.3 Å². The van der Waals surface area contributed by atoms with Crippen LogP contribution in [0.3, 0.4) is 0 Å². The summed E-state index contributed by atoms with van der Waals surface area (Å²) in [7, 11) is 1.53. The van der Waals surface area contributed by atoms with Crippen molar-refractivity contribution in [3.05, 3.63) is 34.6 Å². The number of hydrogen-bond acceptors (Lipinski definition) is 5. The number of nitrogens with zero attached hydrogens (tertiary/aromatic N) is 2. The highest BCUT2D eigenvalue weighted by Gasteiger charge is 2.09. The monoisotopic (exact) mass is 308 g/mol. The summed E-state index contributed by atoms with van der Waals surface area (Å²) in [6, 6.07) is 5.98. The third-order valence-corrected chi connectivity index (χ3v) is 2.80. The van der Waals surface area contributed by atoms with Crippen LogP contribution < -0.4 is 15.8 Å². The van der Waals surface area contributed by atoms with Crippen LogP contribution in [0.15, 0.2) is 29.0 Å². The summed E-state index contributed by atoms with van der Waals surface area (Å²) in [5.74, 6) is 1.29. The second-order valence-electron chi connectivity index (χ2n) is 3.78. The summed E-state index contributed by atoms with van der Waals surface area (Å²) in [5.41, 5.74) is 7.75. The predicted octanol–water partition coefficient (Wildman–Crippen LogP) is 2.88. The van der Waals surface area contributed by atoms with E-state index in [9.17, 15) is 0 Å². The van der Waals surface area contributed by atoms with E-state index >= 15 is 0 Å². The quantitative estimate of drug-likeness (QED) is 0.912. The highest BCUT2D eigenvalue weighted by atomic mass is 79.9. The van der Waals surface area contributed by atoms with Gasteiger partial charge in [-0.05, 0) is 30.7 Å². The van der Waals surface area contributed by atoms with E-state index in [1.165, 1.54) is 13.4 Å². The number of nitrogens with one attached hydrogen (secondary N) is 1. The lowest BCUT2D eigenvalue weighted by Crippen LogP contribution is -2.02. The van der Waals surface area contributed by atoms with Gasteiger partial charge in [-0.15, -0.1) is 0 Å². The Morgan fingerprint density at radius 1 is 1.28 bits per heavy atom. The average Bonchev–Trinajstić information content (AvgIpc) is 2.27. The molecular weight excluding hydrogens is 296 g/mol. The Hall–Kier alpha value is -1.82. The maximum absolute atomic E-state index is 5.72. The second-order valence-corrected chi connectivity index (χ2v) is 4.70. The van der Waals surface area contributed by atoms with Crippen LogP contribution in [0.4, 0.5) is 17.3 Å². The van der Waals surface area contributed by atoms with Crippen molar-refractivity contribution in [2.75, 3.05) is 18.2 Å². The minimum atomic E-state index is 0.307. The highest BCUT2D eigenvalue weighted by molar-refractivity contribution is 9.10. The molecule has 18 heavy (non-hydrogen) atoms. The van der Waals surface area contributed by atoms with E-state index in [-0.39, 0.29) is 0 Å². The molecule has 0 aliphatic heterocycles. The minimum Gasteiger partial charge on any atom is -0.490 e. The van der Waals surface area contributed by atoms with Gasteiger partial charge in [0, 0.05) is 10.2 Å². The third kappa shape index (κ3) is 2.70. The average molecular weight is 309 g/mol. The zero-order valence-corrected chi connectivity index (χ0v) is 11.7. The molecule has 2 aromatic rings. The Balaban J connectivity index is 2.36. The first-order valence-electron chi connectivity index (χ1n) is 5.29. The molecule has 1 aromatic heterocycles. The molecule has 0 amide bonds. The predicted molar refractivity (Wildman–Crippen MR) is 75.2 cm³/mol. The molecule has 0 spiro atoms. The molecule has 0 radical (unpaired) electrons. The van der Waals surface area contributed by atoms with E-state index in [4.69, 9.17) is 10.5 Å². The number of ether oxygens (including phenoxy) is 1. The number of nitrogen functional groups attached to an aromatic ring is 1. The molecule has 0 aliphatic rings. The minimum absolute atomic E-state index is 0.307. The normalized spacial score (nSPS) is 10.2. The molecule has 1 aromatic carbocycles. The van der Waals surface area contributed by atoms with Crippen molar-refractivity contribution in [1.29, 1.82) is 0 Å². The van der Waals surface area contributed by atoms with Crippen LogP contribution in [-0.4, -0.2) is 17.1 Å². The molecule has 0 aliphatic carbocycles. The van der Waals surface area contributed by atoms with Crippen molar-refractivity contribution < 1.29 is 4.74 Å². The maximum atomic E-state index is 5.72. The van der Waals surface area contributed by atoms with E-state index in [0.717, 1.165) is 15.7 Å². The third-order valence-electron chi connectivity index (χ3n) is 2.34. The van der Waals surface area contributed by atoms with Crippen LogP contribution in [0, 0.1) is 6.92 Å². The number of benzene rings is 1. The van der Waals surface area contributed by atoms with Crippen LogP contribution in [-0.2, 0) is 0 Å². The van der Waals surface area contributed by atoms with Crippen molar-refractivity contribution in [3.8, 4) is 5.75 Å². The van der Waals surface area contributed by atoms with E-state index in [1.807, 2.05) is 25.1 Å². The summed E-state index contributed by atoms with van der Waals surface area (Å²) in [4.78, 5) is 8.00. The Labute approximate surface area is 114 Å². The summed E-state index contributed by atoms with van der Waals surface area (Å²) in [6.07, 6.45) is 1.39. The van der Waals surface area contributed by atoms with Gasteiger partial charge in [-0.25, -0.2) is 9.97 Å². The lowest BCUT2D eigenvalue weighted by atomic mass is 10.2. The van der Waals surface area contributed by atoms with E-state index < -0.39 is 0 Å². The lowest BCUT2D eigenvalue weighted by molar-refractivity contribution is 0.415. The number of nitrogens with two attached hydrogens (primary N) is 1. The molecule has 0 bridgehead atoms. The number of rotatable bonds is 3. The van der Waals surface area contributed by atoms with Crippen molar-refractivity contribution in [2.24, 2.45) is 0 Å². The number of aryl methyl sites for hydroxylation is 1. The van der Waals surface area contributed by atoms with E-state index in [0.29, 0.717) is 17.4 Å². The number of anilines is 3. The molecule has 0 atom stereocenters. The van der Waals surface area contributed by atoms with Gasteiger partial charge in [0.15, 0.2) is 11.6 Å². The molecule has 1 heterocycles. The van der Waals surface area contributed by atoms with Crippen molar-refractivity contribution in [3.63, 3.8) is 0 Å². The zero-order valence-electron chi connectivity index (χ0n) is 10.1. The summed E-state index contributed by atoms with van der Waals surface area (Å²) in [5, 5.41) is 3.16. The molecule has 5 nitrogen and oxygen atoms in total. The standard InChI is InChI=1S/C12H13BrN4O/c1-7-3-8(13)5-9(4-7)17-12-10(18-2)11(14)15-6-16-12/h3-6H,1-2H3,(H3,14,15,16,17). The molecule has 0 fully saturated rings. The van der Waals surface area contributed by atoms with Crippen molar-refractivity contribution in [2.45, 2.75) is 6.92 Å². The fourth-order valence-corrected chi connectivity index (χ4v) is 2.23. The van der Waals surface area contributed by atoms with Gasteiger partial charge in [-0.3, -0.25) is 0 Å². The smallest absolute Gasteiger partial charge is 0.204 e. The number of aromatic nitrogens is 2. The van der Waals surface area contributed by atoms with Gasteiger partial charge in [-0.2, -0.15) is 0 Å². The molecule has 0 unspecified atom stereocenters. The van der Waals surface area contributed by atoms with Gasteiger partial charge in [0.05, 0.1) is 7.11 Å². The first kappa shape index (κ1) is 12.6. The zero-order chi connectivity index (χ0) is 13.1. The largest absolute Gasteiger partial charge is 0.490 e. The van der Waals surface area contributed by atoms with Gasteiger partial charge in [0.2, 0.25) is 5.75 Å². The highest BCUT2D eigenvalue weighted by Crippen LogP contribution is 2.30. The van der Waals surface area contributed by atoms with Crippen molar-refractivity contribution in [1.82, 2.24) is 9.97 Å². The fraction of sp³-hybridized carbons (Fsp3) is 0.167. The van der Waals surface area contributed by atoms with Gasteiger partial charge in [-0.1, -0.05) is 15.9 Å². The molecular formula is C12H13BrN4O. The van der Waals surface area contributed by atoms with Crippen LogP contribution in [0.25, 0.3) is 0 Å². The number of halogens is 1. The Morgan fingerprint density at radius 2 is 2.06 bits per heavy atom. The maximum Gasteiger partial charge on any atom is 0.204 e. The molecule has 0 saturated carbocycles. The van der Waals surface area contributed by atoms with Gasteiger partial charge < -0.3 is 15.8 Å². The molecule has 6 heteroatoms. The Kier molecular flexibility index (Phi) is 3.66. The SMILES string of the molecule is COc1c(N)ncnc1Nc1cc(C)cc(Br)c1. The Morgan fingerprint density at radius 3 is 2.72 bits per heavy atom. The van der Waals surface area contributed by atoms with Crippen LogP contribution in [0.2, 0.25) is 0 Å². The fourth-order valence-electron chi connectivity index (χ4n) is 1.62. The number of hydrogen-bond donors (Lipinski definition) is 2. The van der Waals surface area contributed by atoms with Crippen LogP contribution in [0.1, 0.15) is 5.56 Å². The Bertz CT molecular complexity index is 554. The van der Waals surface area contributed by atoms with E-state index in [1.54, 1.807) is 0 Å². The summed E-state index contributed by atoms with van der Waals surface area (Å²) < 4.78 is 6.18. The molecule has 2 rings (SSSR count).